The van der Waals surface area contributed by atoms with Gasteiger partial charge in [0.1, 0.15) is 0 Å². The van der Waals surface area contributed by atoms with Crippen molar-refractivity contribution in [3.63, 3.8) is 0 Å². The number of hydrogen-bond donors (Lipinski definition) is 2. The highest BCUT2D eigenvalue weighted by Crippen LogP contribution is 2.12. The molecule has 6 heteroatoms. The predicted molar refractivity (Wildman–Crippen MR) is 80.4 cm³/mol. The summed E-state index contributed by atoms with van der Waals surface area (Å²) in [5, 5.41) is 12.9. The molecular weight excluding hydrogens is 288 g/mol. The van der Waals surface area contributed by atoms with Gasteiger partial charge in [-0.3, -0.25) is 4.79 Å². The molecule has 0 aliphatic carbocycles. The summed E-state index contributed by atoms with van der Waals surface area (Å²) in [5.41, 5.74) is 0.928. The van der Waals surface area contributed by atoms with E-state index in [0.29, 0.717) is 18.5 Å². The van der Waals surface area contributed by atoms with Gasteiger partial charge >= 0.3 is 5.97 Å². The average Bonchev–Trinajstić information content (AvgIpc) is 2.88. The summed E-state index contributed by atoms with van der Waals surface area (Å²) >= 11 is 1.55. The van der Waals surface area contributed by atoms with Crippen molar-refractivity contribution in [1.82, 2.24) is 10.3 Å². The van der Waals surface area contributed by atoms with Crippen molar-refractivity contribution in [2.24, 2.45) is 0 Å². The molecule has 1 aromatic carbocycles. The Morgan fingerprint density at radius 1 is 1.33 bits per heavy atom. The first kappa shape index (κ1) is 15.2. The molecule has 0 unspecified atom stereocenters. The molecule has 0 aliphatic heterocycles. The van der Waals surface area contributed by atoms with E-state index in [9.17, 15) is 9.59 Å². The number of amides is 1. The Hall–Kier alpha value is -2.21. The van der Waals surface area contributed by atoms with Crippen molar-refractivity contribution >= 4 is 23.2 Å². The van der Waals surface area contributed by atoms with Gasteiger partial charge in [-0.15, -0.1) is 11.3 Å². The molecule has 0 spiro atoms. The number of nitrogens with zero attached hydrogens (tertiary/aromatic N) is 1. The van der Waals surface area contributed by atoms with Crippen molar-refractivity contribution in [2.45, 2.75) is 26.3 Å². The molecule has 1 aromatic heterocycles. The average molecular weight is 304 g/mol. The minimum atomic E-state index is -0.967. The maximum Gasteiger partial charge on any atom is 0.335 e. The lowest BCUT2D eigenvalue weighted by Gasteiger charge is -2.06. The molecule has 0 radical (unpaired) electrons. The van der Waals surface area contributed by atoms with Crippen LogP contribution in [0.3, 0.4) is 0 Å². The Labute approximate surface area is 126 Å². The molecule has 2 N–H and O–H groups in total. The molecule has 5 nitrogen and oxygen atoms in total. The Bertz CT molecular complexity index is 652. The molecule has 110 valence electrons. The van der Waals surface area contributed by atoms with Crippen LogP contribution in [0, 0.1) is 6.92 Å². The van der Waals surface area contributed by atoms with Crippen LogP contribution < -0.4 is 5.32 Å². The molecule has 1 heterocycles. The van der Waals surface area contributed by atoms with E-state index in [4.69, 9.17) is 5.11 Å². The predicted octanol–water partition coefficient (Wildman–Crippen LogP) is 2.40. The summed E-state index contributed by atoms with van der Waals surface area (Å²) in [7, 11) is 0. The maximum absolute atomic E-state index is 11.8. The number of hydrogen-bond acceptors (Lipinski definition) is 4. The Morgan fingerprint density at radius 3 is 2.76 bits per heavy atom. The van der Waals surface area contributed by atoms with E-state index in [1.54, 1.807) is 41.8 Å². The van der Waals surface area contributed by atoms with Gasteiger partial charge < -0.3 is 10.4 Å². The number of carboxylic acids is 1. The summed E-state index contributed by atoms with van der Waals surface area (Å²) in [6, 6.07) is 6.75. The number of thiazole rings is 1. The smallest absolute Gasteiger partial charge is 0.335 e. The van der Waals surface area contributed by atoms with Gasteiger partial charge in [-0.1, -0.05) is 18.2 Å². The van der Waals surface area contributed by atoms with Gasteiger partial charge in [-0.25, -0.2) is 9.78 Å². The minimum Gasteiger partial charge on any atom is -0.478 e. The van der Waals surface area contributed by atoms with Crippen LogP contribution in [0.1, 0.15) is 32.2 Å². The Balaban J connectivity index is 1.85. The van der Waals surface area contributed by atoms with E-state index in [1.807, 2.05) is 6.92 Å². The molecule has 2 aromatic rings. The van der Waals surface area contributed by atoms with Crippen LogP contribution >= 0.6 is 11.3 Å². The SMILES string of the molecule is Cc1ncc(CNC(=O)CCc2ccccc2C(=O)O)s1. The van der Waals surface area contributed by atoms with E-state index in [1.165, 1.54) is 0 Å². The van der Waals surface area contributed by atoms with Crippen molar-refractivity contribution < 1.29 is 14.7 Å². The molecule has 1 amide bonds. The summed E-state index contributed by atoms with van der Waals surface area (Å²) in [6.45, 7) is 2.38. The fraction of sp³-hybridized carbons (Fsp3) is 0.267. The third kappa shape index (κ3) is 4.39. The lowest BCUT2D eigenvalue weighted by atomic mass is 10.0. The number of carbonyl (C=O) groups excluding carboxylic acids is 1. The van der Waals surface area contributed by atoms with Gasteiger partial charge in [-0.2, -0.15) is 0 Å². The van der Waals surface area contributed by atoms with E-state index in [2.05, 4.69) is 10.3 Å². The zero-order valence-corrected chi connectivity index (χ0v) is 12.4. The fourth-order valence-electron chi connectivity index (χ4n) is 1.96. The molecule has 2 rings (SSSR count). The Morgan fingerprint density at radius 2 is 2.10 bits per heavy atom. The van der Waals surface area contributed by atoms with Crippen LogP contribution in [0.5, 0.6) is 0 Å². The monoisotopic (exact) mass is 304 g/mol. The lowest BCUT2D eigenvalue weighted by molar-refractivity contribution is -0.121. The van der Waals surface area contributed by atoms with Crippen LogP contribution in [0.2, 0.25) is 0 Å². The van der Waals surface area contributed by atoms with Gasteiger partial charge in [-0.05, 0) is 25.0 Å². The van der Waals surface area contributed by atoms with Gasteiger partial charge in [0.25, 0.3) is 0 Å². The second kappa shape index (κ2) is 6.99. The van der Waals surface area contributed by atoms with Crippen LogP contribution in [0.15, 0.2) is 30.5 Å². The zero-order valence-electron chi connectivity index (χ0n) is 11.6. The molecule has 0 aliphatic rings. The number of aromatic carboxylic acids is 1. The highest BCUT2D eigenvalue weighted by atomic mass is 32.1. The zero-order chi connectivity index (χ0) is 15.2. The van der Waals surface area contributed by atoms with Crippen LogP contribution in [0.25, 0.3) is 0 Å². The first-order valence-electron chi connectivity index (χ1n) is 6.55. The summed E-state index contributed by atoms with van der Waals surface area (Å²) < 4.78 is 0. The van der Waals surface area contributed by atoms with E-state index < -0.39 is 5.97 Å². The second-order valence-corrected chi connectivity index (χ2v) is 5.90. The van der Waals surface area contributed by atoms with Crippen molar-refractivity contribution in [3.8, 4) is 0 Å². The van der Waals surface area contributed by atoms with Crippen molar-refractivity contribution in [2.75, 3.05) is 0 Å². The van der Waals surface area contributed by atoms with Crippen molar-refractivity contribution in [1.29, 1.82) is 0 Å². The van der Waals surface area contributed by atoms with Gasteiger partial charge in [0.15, 0.2) is 0 Å². The highest BCUT2D eigenvalue weighted by molar-refractivity contribution is 7.11. The number of carboxylic acid groups (broad SMARTS) is 1. The molecule has 0 atom stereocenters. The molecule has 0 saturated heterocycles. The summed E-state index contributed by atoms with van der Waals surface area (Å²) in [4.78, 5) is 28.0. The van der Waals surface area contributed by atoms with Crippen molar-refractivity contribution in [3.05, 3.63) is 51.5 Å². The quantitative estimate of drug-likeness (QED) is 0.859. The number of carbonyl (C=O) groups is 2. The third-order valence-corrected chi connectivity index (χ3v) is 3.91. The standard InChI is InChI=1S/C15H16N2O3S/c1-10-16-8-12(21-10)9-17-14(18)7-6-11-4-2-3-5-13(11)15(19)20/h2-5,8H,6-7,9H2,1H3,(H,17,18)(H,19,20). The molecule has 0 fully saturated rings. The maximum atomic E-state index is 11.8. The van der Waals surface area contributed by atoms with Crippen LogP contribution in [-0.2, 0) is 17.8 Å². The van der Waals surface area contributed by atoms with Gasteiger partial charge in [0.2, 0.25) is 5.91 Å². The molecule has 0 saturated carbocycles. The molecular formula is C15H16N2O3S. The third-order valence-electron chi connectivity index (χ3n) is 3.00. The minimum absolute atomic E-state index is 0.0961. The fourth-order valence-corrected chi connectivity index (χ4v) is 2.69. The first-order chi connectivity index (χ1) is 10.1. The van der Waals surface area contributed by atoms with Crippen LogP contribution in [0.4, 0.5) is 0 Å². The van der Waals surface area contributed by atoms with E-state index >= 15 is 0 Å². The highest BCUT2D eigenvalue weighted by Gasteiger charge is 2.10. The van der Waals surface area contributed by atoms with Gasteiger partial charge in [0, 0.05) is 17.5 Å². The van der Waals surface area contributed by atoms with E-state index in [0.717, 1.165) is 9.88 Å². The lowest BCUT2D eigenvalue weighted by Crippen LogP contribution is -2.22. The number of benzene rings is 1. The van der Waals surface area contributed by atoms with E-state index in [-0.39, 0.29) is 17.9 Å². The molecule has 0 bridgehead atoms. The number of rotatable bonds is 6. The topological polar surface area (TPSA) is 79.3 Å². The summed E-state index contributed by atoms with van der Waals surface area (Å²) in [5.74, 6) is -1.06. The van der Waals surface area contributed by atoms with Gasteiger partial charge in [0.05, 0.1) is 17.1 Å². The summed E-state index contributed by atoms with van der Waals surface area (Å²) in [6.07, 6.45) is 2.43. The number of aromatic nitrogens is 1. The largest absolute Gasteiger partial charge is 0.478 e. The van der Waals surface area contributed by atoms with Crippen LogP contribution in [-0.4, -0.2) is 22.0 Å². The second-order valence-electron chi connectivity index (χ2n) is 4.58. The number of nitrogens with one attached hydrogen (secondary N) is 1. The number of aryl methyl sites for hydroxylation is 2. The molecule has 21 heavy (non-hydrogen) atoms. The first-order valence-corrected chi connectivity index (χ1v) is 7.37. The Kier molecular flexibility index (Phi) is 5.05. The normalized spacial score (nSPS) is 10.3.